The van der Waals surface area contributed by atoms with E-state index in [1.54, 1.807) is 7.05 Å². The molecule has 29 heavy (non-hydrogen) atoms. The highest BCUT2D eigenvalue weighted by Gasteiger charge is 2.25. The summed E-state index contributed by atoms with van der Waals surface area (Å²) >= 11 is 0. The van der Waals surface area contributed by atoms with Gasteiger partial charge in [-0.05, 0) is 17.2 Å². The van der Waals surface area contributed by atoms with Crippen LogP contribution in [0.5, 0.6) is 0 Å². The molecule has 1 N–H and O–H groups in total. The van der Waals surface area contributed by atoms with Crippen molar-refractivity contribution in [3.8, 4) is 11.3 Å². The number of pyridine rings is 1. The molecule has 1 atom stereocenters. The lowest BCUT2D eigenvalue weighted by Crippen LogP contribution is -2.41. The van der Waals surface area contributed by atoms with Crippen LogP contribution >= 0.6 is 0 Å². The summed E-state index contributed by atoms with van der Waals surface area (Å²) in [5.41, 5.74) is 2.06. The minimum absolute atomic E-state index is 0.0116. The van der Waals surface area contributed by atoms with E-state index in [1.807, 2.05) is 29.2 Å². The SMILES string of the molecule is Cn1c(N2CCO[C@@H](c3ccc(CO)cc3)C2)nc(-c2ccncc2F)cc1=O. The van der Waals surface area contributed by atoms with E-state index >= 15 is 0 Å². The van der Waals surface area contributed by atoms with E-state index in [-0.39, 0.29) is 29.5 Å². The van der Waals surface area contributed by atoms with Crippen molar-refractivity contribution in [2.45, 2.75) is 12.7 Å². The maximum absolute atomic E-state index is 14.2. The molecule has 7 nitrogen and oxygen atoms in total. The molecule has 150 valence electrons. The Bertz CT molecular complexity index is 1070. The highest BCUT2D eigenvalue weighted by molar-refractivity contribution is 5.60. The number of aliphatic hydroxyl groups is 1. The number of morpholine rings is 1. The summed E-state index contributed by atoms with van der Waals surface area (Å²) < 4.78 is 21.5. The van der Waals surface area contributed by atoms with Gasteiger partial charge in [0.25, 0.3) is 5.56 Å². The highest BCUT2D eigenvalue weighted by Crippen LogP contribution is 2.27. The lowest BCUT2D eigenvalue weighted by Gasteiger charge is -2.34. The van der Waals surface area contributed by atoms with E-state index in [0.29, 0.717) is 25.6 Å². The molecule has 0 unspecified atom stereocenters. The van der Waals surface area contributed by atoms with Crippen molar-refractivity contribution in [2.24, 2.45) is 7.05 Å². The quantitative estimate of drug-likeness (QED) is 0.727. The second-order valence-electron chi connectivity index (χ2n) is 6.90. The number of aromatic nitrogens is 3. The summed E-state index contributed by atoms with van der Waals surface area (Å²) in [6.45, 7) is 1.52. The minimum Gasteiger partial charge on any atom is -0.392 e. The zero-order valence-corrected chi connectivity index (χ0v) is 16.0. The molecule has 3 heterocycles. The van der Waals surface area contributed by atoms with Gasteiger partial charge in [-0.1, -0.05) is 24.3 Å². The lowest BCUT2D eigenvalue weighted by atomic mass is 10.1. The molecule has 1 saturated heterocycles. The predicted octanol–water partition coefficient (Wildman–Crippen LogP) is 2.05. The lowest BCUT2D eigenvalue weighted by molar-refractivity contribution is 0.0389. The standard InChI is InChI=1S/C21H21FN4O3/c1-25-20(28)10-18(16-6-7-23-11-17(16)22)24-21(25)26-8-9-29-19(12-26)15-4-2-14(13-27)3-5-15/h2-7,10-11,19,27H,8-9,12-13H2,1H3/t19-/m1/s1. The normalized spacial score (nSPS) is 16.8. The molecule has 4 rings (SSSR count). The molecule has 0 saturated carbocycles. The summed E-state index contributed by atoms with van der Waals surface area (Å²) in [5.74, 6) is -0.0629. The monoisotopic (exact) mass is 396 g/mol. The summed E-state index contributed by atoms with van der Waals surface area (Å²) in [7, 11) is 1.65. The van der Waals surface area contributed by atoms with Crippen molar-refractivity contribution in [1.29, 1.82) is 0 Å². The Labute approximate surface area is 167 Å². The first-order chi connectivity index (χ1) is 14.1. The second-order valence-corrected chi connectivity index (χ2v) is 6.90. The Hall–Kier alpha value is -3.10. The van der Waals surface area contributed by atoms with Gasteiger partial charge in [0.1, 0.15) is 6.10 Å². The zero-order valence-electron chi connectivity index (χ0n) is 16.0. The predicted molar refractivity (Wildman–Crippen MR) is 106 cm³/mol. The van der Waals surface area contributed by atoms with Gasteiger partial charge in [0.05, 0.1) is 31.6 Å². The fourth-order valence-corrected chi connectivity index (χ4v) is 3.40. The molecule has 1 aliphatic heterocycles. The molecule has 1 aromatic carbocycles. The summed E-state index contributed by atoms with van der Waals surface area (Å²) in [6, 6.07) is 10.4. The average molecular weight is 396 g/mol. The van der Waals surface area contributed by atoms with E-state index in [9.17, 15) is 14.3 Å². The van der Waals surface area contributed by atoms with Crippen molar-refractivity contribution in [3.63, 3.8) is 0 Å². The second kappa shape index (κ2) is 8.10. The first kappa shape index (κ1) is 19.2. The Morgan fingerprint density at radius 1 is 1.28 bits per heavy atom. The van der Waals surface area contributed by atoms with Crippen molar-refractivity contribution < 1.29 is 14.2 Å². The molecule has 1 fully saturated rings. The van der Waals surface area contributed by atoms with E-state index in [2.05, 4.69) is 9.97 Å². The Morgan fingerprint density at radius 3 is 2.79 bits per heavy atom. The molecule has 0 radical (unpaired) electrons. The molecule has 2 aromatic heterocycles. The highest BCUT2D eigenvalue weighted by atomic mass is 19.1. The fraction of sp³-hybridized carbons (Fsp3) is 0.286. The maximum Gasteiger partial charge on any atom is 0.255 e. The van der Waals surface area contributed by atoms with Crippen molar-refractivity contribution in [3.05, 3.63) is 76.1 Å². The maximum atomic E-state index is 14.2. The number of halogens is 1. The molecule has 0 bridgehead atoms. The first-order valence-electron chi connectivity index (χ1n) is 9.31. The van der Waals surface area contributed by atoms with Gasteiger partial charge in [-0.2, -0.15) is 0 Å². The van der Waals surface area contributed by atoms with Crippen LogP contribution in [0.25, 0.3) is 11.3 Å². The van der Waals surface area contributed by atoms with Crippen LogP contribution in [0.15, 0.2) is 53.6 Å². The topological polar surface area (TPSA) is 80.5 Å². The van der Waals surface area contributed by atoms with E-state index in [4.69, 9.17) is 4.74 Å². The van der Waals surface area contributed by atoms with Gasteiger partial charge >= 0.3 is 0 Å². The Kier molecular flexibility index (Phi) is 5.37. The van der Waals surface area contributed by atoms with Crippen LogP contribution in [-0.2, 0) is 18.4 Å². The molecular weight excluding hydrogens is 375 g/mol. The molecule has 8 heteroatoms. The van der Waals surface area contributed by atoms with Gasteiger partial charge in [0.2, 0.25) is 5.95 Å². The fourth-order valence-electron chi connectivity index (χ4n) is 3.40. The van der Waals surface area contributed by atoms with Crippen LogP contribution in [0.2, 0.25) is 0 Å². The van der Waals surface area contributed by atoms with Crippen molar-refractivity contribution in [2.75, 3.05) is 24.6 Å². The molecule has 1 aliphatic rings. The third kappa shape index (κ3) is 3.90. The van der Waals surface area contributed by atoms with Crippen LogP contribution in [0.4, 0.5) is 10.3 Å². The van der Waals surface area contributed by atoms with E-state index < -0.39 is 5.82 Å². The van der Waals surface area contributed by atoms with E-state index in [0.717, 1.165) is 17.3 Å². The van der Waals surface area contributed by atoms with Crippen LogP contribution in [0.1, 0.15) is 17.2 Å². The van der Waals surface area contributed by atoms with Crippen LogP contribution < -0.4 is 10.5 Å². The van der Waals surface area contributed by atoms with Gasteiger partial charge in [0.15, 0.2) is 5.82 Å². The van der Waals surface area contributed by atoms with Crippen molar-refractivity contribution in [1.82, 2.24) is 14.5 Å². The average Bonchev–Trinajstić information content (AvgIpc) is 2.76. The zero-order chi connectivity index (χ0) is 20.4. The van der Waals surface area contributed by atoms with Gasteiger partial charge in [-0.25, -0.2) is 9.37 Å². The number of rotatable bonds is 4. The Balaban J connectivity index is 1.66. The van der Waals surface area contributed by atoms with E-state index in [1.165, 1.54) is 22.9 Å². The molecular formula is C21H21FN4O3. The first-order valence-corrected chi connectivity index (χ1v) is 9.31. The minimum atomic E-state index is -0.525. The molecule has 0 aliphatic carbocycles. The van der Waals surface area contributed by atoms with Gasteiger partial charge in [-0.15, -0.1) is 0 Å². The summed E-state index contributed by atoms with van der Waals surface area (Å²) in [5, 5.41) is 9.21. The number of ether oxygens (including phenoxy) is 1. The number of aliphatic hydroxyl groups excluding tert-OH is 1. The van der Waals surface area contributed by atoms with Gasteiger partial charge in [0, 0.05) is 31.4 Å². The molecule has 0 amide bonds. The largest absolute Gasteiger partial charge is 0.392 e. The number of anilines is 1. The van der Waals surface area contributed by atoms with Gasteiger partial charge < -0.3 is 14.7 Å². The van der Waals surface area contributed by atoms with Crippen LogP contribution in [-0.4, -0.2) is 39.3 Å². The third-order valence-corrected chi connectivity index (χ3v) is 5.04. The smallest absolute Gasteiger partial charge is 0.255 e. The summed E-state index contributed by atoms with van der Waals surface area (Å²) in [4.78, 5) is 22.8. The van der Waals surface area contributed by atoms with Gasteiger partial charge in [-0.3, -0.25) is 14.3 Å². The summed E-state index contributed by atoms with van der Waals surface area (Å²) in [6.07, 6.45) is 2.38. The van der Waals surface area contributed by atoms with Crippen LogP contribution in [0, 0.1) is 5.82 Å². The third-order valence-electron chi connectivity index (χ3n) is 5.04. The Morgan fingerprint density at radius 2 is 2.07 bits per heavy atom. The number of hydrogen-bond acceptors (Lipinski definition) is 6. The number of nitrogens with zero attached hydrogens (tertiary/aromatic N) is 4. The molecule has 0 spiro atoms. The van der Waals surface area contributed by atoms with Crippen molar-refractivity contribution >= 4 is 5.95 Å². The number of benzene rings is 1. The molecule has 3 aromatic rings. The van der Waals surface area contributed by atoms with Crippen LogP contribution in [0.3, 0.4) is 0 Å². The number of hydrogen-bond donors (Lipinski definition) is 1.